The number of hydrogen-bond donors (Lipinski definition) is 2. The molecule has 0 spiro atoms. The first-order valence-corrected chi connectivity index (χ1v) is 5.32. The van der Waals surface area contributed by atoms with E-state index in [0.717, 1.165) is 11.3 Å². The SMILES string of the molecule is Cc1ccccc1NC(=O)C1CCC(=O)N1. The van der Waals surface area contributed by atoms with Crippen LogP contribution in [0.25, 0.3) is 0 Å². The first-order valence-electron chi connectivity index (χ1n) is 5.32. The standard InChI is InChI=1S/C12H14N2O2/c1-8-4-2-3-5-9(8)14-12(16)10-6-7-11(15)13-10/h2-5,10H,6-7H2,1H3,(H,13,15)(H,14,16). The zero-order valence-electron chi connectivity index (χ0n) is 9.12. The molecule has 2 N–H and O–H groups in total. The van der Waals surface area contributed by atoms with Gasteiger partial charge in [-0.2, -0.15) is 0 Å². The first kappa shape index (κ1) is 10.7. The van der Waals surface area contributed by atoms with Crippen molar-refractivity contribution in [3.63, 3.8) is 0 Å². The van der Waals surface area contributed by atoms with Crippen molar-refractivity contribution in [2.24, 2.45) is 0 Å². The maximum Gasteiger partial charge on any atom is 0.246 e. The topological polar surface area (TPSA) is 58.2 Å². The van der Waals surface area contributed by atoms with Gasteiger partial charge in [-0.15, -0.1) is 0 Å². The summed E-state index contributed by atoms with van der Waals surface area (Å²) in [5.74, 6) is -0.190. The lowest BCUT2D eigenvalue weighted by molar-refractivity contribution is -0.122. The summed E-state index contributed by atoms with van der Waals surface area (Å²) in [5, 5.41) is 5.46. The summed E-state index contributed by atoms with van der Waals surface area (Å²) in [6.45, 7) is 1.93. The molecule has 2 rings (SSSR count). The van der Waals surface area contributed by atoms with Gasteiger partial charge in [-0.3, -0.25) is 9.59 Å². The molecule has 1 aromatic rings. The molecule has 1 atom stereocenters. The second kappa shape index (κ2) is 4.35. The molecule has 1 aliphatic heterocycles. The molecule has 84 valence electrons. The molecule has 0 radical (unpaired) electrons. The minimum atomic E-state index is -0.382. The molecule has 2 amide bonds. The average molecular weight is 218 g/mol. The van der Waals surface area contributed by atoms with E-state index in [9.17, 15) is 9.59 Å². The lowest BCUT2D eigenvalue weighted by atomic mass is 10.1. The van der Waals surface area contributed by atoms with E-state index in [1.807, 2.05) is 31.2 Å². The Morgan fingerprint density at radius 3 is 2.81 bits per heavy atom. The third-order valence-corrected chi connectivity index (χ3v) is 2.71. The van der Waals surface area contributed by atoms with E-state index in [1.165, 1.54) is 0 Å². The molecule has 0 saturated carbocycles. The minimum Gasteiger partial charge on any atom is -0.344 e. The fourth-order valence-corrected chi connectivity index (χ4v) is 1.74. The number of benzene rings is 1. The molecule has 0 aliphatic carbocycles. The lowest BCUT2D eigenvalue weighted by Gasteiger charge is -2.12. The van der Waals surface area contributed by atoms with Crippen molar-refractivity contribution in [2.75, 3.05) is 5.32 Å². The summed E-state index contributed by atoms with van der Waals surface area (Å²) in [6, 6.07) is 7.19. The summed E-state index contributed by atoms with van der Waals surface area (Å²) < 4.78 is 0. The Labute approximate surface area is 94.0 Å². The van der Waals surface area contributed by atoms with Crippen molar-refractivity contribution in [1.29, 1.82) is 0 Å². The van der Waals surface area contributed by atoms with Gasteiger partial charge in [0.05, 0.1) is 0 Å². The van der Waals surface area contributed by atoms with Gasteiger partial charge in [0.1, 0.15) is 6.04 Å². The highest BCUT2D eigenvalue weighted by Gasteiger charge is 2.27. The van der Waals surface area contributed by atoms with Gasteiger partial charge in [-0.05, 0) is 25.0 Å². The molecule has 0 bridgehead atoms. The summed E-state index contributed by atoms with van der Waals surface area (Å²) in [6.07, 6.45) is 1.02. The zero-order chi connectivity index (χ0) is 11.5. The smallest absolute Gasteiger partial charge is 0.246 e. The fraction of sp³-hybridized carbons (Fsp3) is 0.333. The van der Waals surface area contributed by atoms with Crippen LogP contribution in [0.2, 0.25) is 0 Å². The van der Waals surface area contributed by atoms with Crippen LogP contribution < -0.4 is 10.6 Å². The summed E-state index contributed by atoms with van der Waals surface area (Å²) in [5.41, 5.74) is 1.81. The van der Waals surface area contributed by atoms with Gasteiger partial charge in [-0.25, -0.2) is 0 Å². The van der Waals surface area contributed by atoms with Crippen molar-refractivity contribution in [2.45, 2.75) is 25.8 Å². The van der Waals surface area contributed by atoms with E-state index in [0.29, 0.717) is 12.8 Å². The molecule has 1 heterocycles. The lowest BCUT2D eigenvalue weighted by Crippen LogP contribution is -2.37. The van der Waals surface area contributed by atoms with Crippen LogP contribution in [0.4, 0.5) is 5.69 Å². The predicted molar refractivity (Wildman–Crippen MR) is 61.0 cm³/mol. The number of carbonyl (C=O) groups is 2. The molecule has 1 aliphatic rings. The molecule has 1 fully saturated rings. The van der Waals surface area contributed by atoms with E-state index >= 15 is 0 Å². The Morgan fingerprint density at radius 2 is 2.19 bits per heavy atom. The molecule has 4 heteroatoms. The van der Waals surface area contributed by atoms with Gasteiger partial charge in [0.25, 0.3) is 0 Å². The average Bonchev–Trinajstić information content (AvgIpc) is 2.68. The van der Waals surface area contributed by atoms with Crippen molar-refractivity contribution >= 4 is 17.5 Å². The number of hydrogen-bond acceptors (Lipinski definition) is 2. The van der Waals surface area contributed by atoms with Gasteiger partial charge >= 0.3 is 0 Å². The molecule has 1 saturated heterocycles. The quantitative estimate of drug-likeness (QED) is 0.784. The molecule has 1 aromatic carbocycles. The van der Waals surface area contributed by atoms with Crippen molar-refractivity contribution in [3.05, 3.63) is 29.8 Å². The molecule has 16 heavy (non-hydrogen) atoms. The van der Waals surface area contributed by atoms with Crippen molar-refractivity contribution < 1.29 is 9.59 Å². The number of anilines is 1. The summed E-state index contributed by atoms with van der Waals surface area (Å²) in [4.78, 5) is 22.8. The van der Waals surface area contributed by atoms with Gasteiger partial charge in [-0.1, -0.05) is 18.2 Å². The second-order valence-electron chi connectivity index (χ2n) is 3.96. The van der Waals surface area contributed by atoms with E-state index in [2.05, 4.69) is 10.6 Å². The number of nitrogens with one attached hydrogen (secondary N) is 2. The Hall–Kier alpha value is -1.84. The predicted octanol–water partition coefficient (Wildman–Crippen LogP) is 1.21. The van der Waals surface area contributed by atoms with E-state index < -0.39 is 0 Å². The van der Waals surface area contributed by atoms with Crippen LogP contribution in [0.3, 0.4) is 0 Å². The van der Waals surface area contributed by atoms with Crippen molar-refractivity contribution in [1.82, 2.24) is 5.32 Å². The van der Waals surface area contributed by atoms with Gasteiger partial charge in [0, 0.05) is 12.1 Å². The van der Waals surface area contributed by atoms with Crippen LogP contribution in [-0.4, -0.2) is 17.9 Å². The third kappa shape index (κ3) is 2.21. The van der Waals surface area contributed by atoms with Crippen LogP contribution in [0.15, 0.2) is 24.3 Å². The number of amides is 2. The van der Waals surface area contributed by atoms with Crippen LogP contribution in [0, 0.1) is 6.92 Å². The first-order chi connectivity index (χ1) is 7.66. The largest absolute Gasteiger partial charge is 0.344 e. The van der Waals surface area contributed by atoms with Crippen LogP contribution in [-0.2, 0) is 9.59 Å². The van der Waals surface area contributed by atoms with Gasteiger partial charge in [0.15, 0.2) is 0 Å². The zero-order valence-corrected chi connectivity index (χ0v) is 9.12. The highest BCUT2D eigenvalue weighted by Crippen LogP contribution is 2.15. The Balaban J connectivity index is 2.03. The van der Waals surface area contributed by atoms with Crippen molar-refractivity contribution in [3.8, 4) is 0 Å². The van der Waals surface area contributed by atoms with Crippen LogP contribution in [0.5, 0.6) is 0 Å². The van der Waals surface area contributed by atoms with E-state index in [1.54, 1.807) is 0 Å². The number of rotatable bonds is 2. The van der Waals surface area contributed by atoms with Crippen LogP contribution in [0.1, 0.15) is 18.4 Å². The fourth-order valence-electron chi connectivity index (χ4n) is 1.74. The Kier molecular flexibility index (Phi) is 2.90. The highest BCUT2D eigenvalue weighted by atomic mass is 16.2. The minimum absolute atomic E-state index is 0.0510. The molecular formula is C12H14N2O2. The third-order valence-electron chi connectivity index (χ3n) is 2.71. The van der Waals surface area contributed by atoms with Gasteiger partial charge < -0.3 is 10.6 Å². The number of carbonyl (C=O) groups excluding carboxylic acids is 2. The number of aryl methyl sites for hydroxylation is 1. The summed E-state index contributed by atoms with van der Waals surface area (Å²) >= 11 is 0. The Morgan fingerprint density at radius 1 is 1.44 bits per heavy atom. The maximum atomic E-state index is 11.8. The second-order valence-corrected chi connectivity index (χ2v) is 3.96. The maximum absolute atomic E-state index is 11.8. The van der Waals surface area contributed by atoms with Gasteiger partial charge in [0.2, 0.25) is 11.8 Å². The molecule has 0 aromatic heterocycles. The normalized spacial score (nSPS) is 19.3. The molecule has 1 unspecified atom stereocenters. The van der Waals surface area contributed by atoms with Crippen LogP contribution >= 0.6 is 0 Å². The van der Waals surface area contributed by atoms with E-state index in [-0.39, 0.29) is 17.9 Å². The highest BCUT2D eigenvalue weighted by molar-refractivity contribution is 5.99. The summed E-state index contributed by atoms with van der Waals surface area (Å²) in [7, 11) is 0. The monoisotopic (exact) mass is 218 g/mol. The molecule has 4 nitrogen and oxygen atoms in total. The molecular weight excluding hydrogens is 204 g/mol. The Bertz CT molecular complexity index is 429. The van der Waals surface area contributed by atoms with E-state index in [4.69, 9.17) is 0 Å². The number of para-hydroxylation sites is 1.